The van der Waals surface area contributed by atoms with Crippen LogP contribution in [0.1, 0.15) is 32.6 Å². The van der Waals surface area contributed by atoms with E-state index in [0.717, 1.165) is 31.4 Å². The number of carbonyl (C=O) groups is 1. The van der Waals surface area contributed by atoms with Crippen LogP contribution in [0, 0.1) is 10.1 Å². The first-order chi connectivity index (χ1) is 11.6. The molecule has 0 N–H and O–H groups in total. The van der Waals surface area contributed by atoms with Gasteiger partial charge in [-0.15, -0.1) is 0 Å². The van der Waals surface area contributed by atoms with E-state index in [2.05, 4.69) is 6.08 Å². The Kier molecular flexibility index (Phi) is 6.17. The summed E-state index contributed by atoms with van der Waals surface area (Å²) in [7, 11) is 1.45. The van der Waals surface area contributed by atoms with E-state index in [1.54, 1.807) is 4.90 Å². The van der Waals surface area contributed by atoms with Crippen LogP contribution in [0.15, 0.2) is 30.0 Å². The number of hydrogen-bond acceptors (Lipinski definition) is 5. The van der Waals surface area contributed by atoms with Gasteiger partial charge < -0.3 is 14.4 Å². The molecule has 2 rings (SSSR count). The second-order valence-electron chi connectivity index (χ2n) is 5.46. The minimum atomic E-state index is -0.515. The highest BCUT2D eigenvalue weighted by Crippen LogP contribution is 2.31. The van der Waals surface area contributed by atoms with Crippen molar-refractivity contribution in [1.82, 2.24) is 4.90 Å². The molecule has 0 saturated heterocycles. The molecule has 0 heterocycles. The first-order valence-electron chi connectivity index (χ1n) is 8.01. The van der Waals surface area contributed by atoms with Gasteiger partial charge in [0.2, 0.25) is 0 Å². The normalized spacial score (nSPS) is 13.8. The number of rotatable bonds is 7. The number of methoxy groups -OCH3 is 1. The summed E-state index contributed by atoms with van der Waals surface area (Å²) in [4.78, 5) is 24.5. The fraction of sp³-hybridized carbons (Fsp3) is 0.471. The SMILES string of the molecule is CCN(C(=O)COc1cc([N+](=O)[O-])ccc1OC)C1=CCCCC1. The first-order valence-corrected chi connectivity index (χ1v) is 8.01. The van der Waals surface area contributed by atoms with Crippen LogP contribution >= 0.6 is 0 Å². The lowest BCUT2D eigenvalue weighted by Crippen LogP contribution is -2.34. The van der Waals surface area contributed by atoms with Gasteiger partial charge in [-0.2, -0.15) is 0 Å². The van der Waals surface area contributed by atoms with Crippen molar-refractivity contribution in [2.24, 2.45) is 0 Å². The van der Waals surface area contributed by atoms with Gasteiger partial charge in [0.05, 0.1) is 18.1 Å². The van der Waals surface area contributed by atoms with Crippen LogP contribution in [0.2, 0.25) is 0 Å². The van der Waals surface area contributed by atoms with E-state index in [-0.39, 0.29) is 24.0 Å². The quantitative estimate of drug-likeness (QED) is 0.564. The lowest BCUT2D eigenvalue weighted by atomic mass is 10.0. The number of non-ortho nitro benzene ring substituents is 1. The van der Waals surface area contributed by atoms with Crippen molar-refractivity contribution in [2.45, 2.75) is 32.6 Å². The molecule has 1 aromatic carbocycles. The maximum atomic E-state index is 12.5. The summed E-state index contributed by atoms with van der Waals surface area (Å²) in [6.07, 6.45) is 6.20. The summed E-state index contributed by atoms with van der Waals surface area (Å²) >= 11 is 0. The van der Waals surface area contributed by atoms with Crippen molar-refractivity contribution in [3.8, 4) is 11.5 Å². The number of nitro groups is 1. The van der Waals surface area contributed by atoms with E-state index in [9.17, 15) is 14.9 Å². The highest BCUT2D eigenvalue weighted by atomic mass is 16.6. The highest BCUT2D eigenvalue weighted by molar-refractivity contribution is 5.79. The zero-order valence-corrected chi connectivity index (χ0v) is 14.0. The van der Waals surface area contributed by atoms with E-state index in [1.807, 2.05) is 6.92 Å². The van der Waals surface area contributed by atoms with Gasteiger partial charge >= 0.3 is 0 Å². The molecule has 0 saturated carbocycles. The van der Waals surface area contributed by atoms with E-state index in [4.69, 9.17) is 9.47 Å². The molecule has 0 aliphatic heterocycles. The van der Waals surface area contributed by atoms with Crippen LogP contribution in [0.25, 0.3) is 0 Å². The van der Waals surface area contributed by atoms with E-state index < -0.39 is 4.92 Å². The van der Waals surface area contributed by atoms with Gasteiger partial charge in [0.15, 0.2) is 18.1 Å². The molecule has 1 aliphatic carbocycles. The molecule has 0 bridgehead atoms. The van der Waals surface area contributed by atoms with Gasteiger partial charge in [-0.05, 0) is 38.7 Å². The Morgan fingerprint density at radius 1 is 1.33 bits per heavy atom. The van der Waals surface area contributed by atoms with Gasteiger partial charge in [0.1, 0.15) is 0 Å². The average Bonchev–Trinajstić information content (AvgIpc) is 2.61. The number of nitro benzene ring substituents is 1. The molecule has 0 atom stereocenters. The topological polar surface area (TPSA) is 81.9 Å². The summed E-state index contributed by atoms with van der Waals surface area (Å²) in [5.74, 6) is 0.376. The Labute approximate surface area is 141 Å². The molecule has 7 heteroatoms. The van der Waals surface area contributed by atoms with Crippen LogP contribution in [0.3, 0.4) is 0 Å². The Hall–Kier alpha value is -2.57. The number of amides is 1. The van der Waals surface area contributed by atoms with E-state index in [1.165, 1.54) is 25.3 Å². The lowest BCUT2D eigenvalue weighted by Gasteiger charge is -2.26. The minimum absolute atomic E-state index is 0.111. The molecule has 130 valence electrons. The summed E-state index contributed by atoms with van der Waals surface area (Å²) in [6.45, 7) is 2.30. The Bertz CT molecular complexity index is 642. The van der Waals surface area contributed by atoms with E-state index >= 15 is 0 Å². The third kappa shape index (κ3) is 4.24. The summed E-state index contributed by atoms with van der Waals surface area (Å²) in [5, 5.41) is 10.9. The largest absolute Gasteiger partial charge is 0.493 e. The number of benzene rings is 1. The monoisotopic (exact) mass is 334 g/mol. The molecular weight excluding hydrogens is 312 g/mol. The number of hydrogen-bond donors (Lipinski definition) is 0. The van der Waals surface area contributed by atoms with Crippen molar-refractivity contribution in [2.75, 3.05) is 20.3 Å². The first kappa shape index (κ1) is 17.8. The van der Waals surface area contributed by atoms with Gasteiger partial charge in [-0.1, -0.05) is 6.08 Å². The molecule has 0 aromatic heterocycles. The molecular formula is C17H22N2O5. The van der Waals surface area contributed by atoms with Gasteiger partial charge in [-0.25, -0.2) is 0 Å². The third-order valence-corrected chi connectivity index (χ3v) is 3.94. The Balaban J connectivity index is 2.08. The molecule has 7 nitrogen and oxygen atoms in total. The van der Waals surface area contributed by atoms with Crippen molar-refractivity contribution >= 4 is 11.6 Å². The molecule has 0 unspecified atom stereocenters. The van der Waals surface area contributed by atoms with Crippen molar-refractivity contribution < 1.29 is 19.2 Å². The Morgan fingerprint density at radius 2 is 2.12 bits per heavy atom. The molecule has 0 spiro atoms. The number of ether oxygens (including phenoxy) is 2. The fourth-order valence-corrected chi connectivity index (χ4v) is 2.72. The van der Waals surface area contributed by atoms with Crippen molar-refractivity contribution in [3.05, 3.63) is 40.1 Å². The zero-order chi connectivity index (χ0) is 17.5. The third-order valence-electron chi connectivity index (χ3n) is 3.94. The predicted octanol–water partition coefficient (Wildman–Crippen LogP) is 3.29. The molecule has 1 amide bonds. The number of allylic oxidation sites excluding steroid dienone is 2. The second kappa shape index (κ2) is 8.33. The number of carbonyl (C=O) groups excluding carboxylic acids is 1. The lowest BCUT2D eigenvalue weighted by molar-refractivity contribution is -0.385. The van der Waals surface area contributed by atoms with Gasteiger partial charge in [0.25, 0.3) is 11.6 Å². The fourth-order valence-electron chi connectivity index (χ4n) is 2.72. The second-order valence-corrected chi connectivity index (χ2v) is 5.46. The van der Waals surface area contributed by atoms with Crippen LogP contribution in [-0.2, 0) is 4.79 Å². The smallest absolute Gasteiger partial charge is 0.273 e. The molecule has 0 fully saturated rings. The minimum Gasteiger partial charge on any atom is -0.493 e. The average molecular weight is 334 g/mol. The standard InChI is InChI=1S/C17H22N2O5/c1-3-18(13-7-5-4-6-8-13)17(20)12-24-16-11-14(19(21)22)9-10-15(16)23-2/h7,9-11H,3-6,8,12H2,1-2H3. The maximum absolute atomic E-state index is 12.5. The van der Waals surface area contributed by atoms with Gasteiger partial charge in [0, 0.05) is 18.3 Å². The van der Waals surface area contributed by atoms with Crippen LogP contribution < -0.4 is 9.47 Å². The van der Waals surface area contributed by atoms with E-state index in [0.29, 0.717) is 12.3 Å². The molecule has 0 radical (unpaired) electrons. The maximum Gasteiger partial charge on any atom is 0.273 e. The number of nitrogens with zero attached hydrogens (tertiary/aromatic N) is 2. The molecule has 1 aromatic rings. The Morgan fingerprint density at radius 3 is 2.71 bits per heavy atom. The van der Waals surface area contributed by atoms with Crippen LogP contribution in [-0.4, -0.2) is 36.0 Å². The highest BCUT2D eigenvalue weighted by Gasteiger charge is 2.20. The number of likely N-dealkylation sites (N-methyl/N-ethyl adjacent to an activating group) is 1. The zero-order valence-electron chi connectivity index (χ0n) is 14.0. The van der Waals surface area contributed by atoms with Crippen LogP contribution in [0.5, 0.6) is 11.5 Å². The van der Waals surface area contributed by atoms with Crippen LogP contribution in [0.4, 0.5) is 5.69 Å². The summed E-state index contributed by atoms with van der Waals surface area (Å²) in [6, 6.07) is 4.06. The van der Waals surface area contributed by atoms with Gasteiger partial charge in [-0.3, -0.25) is 14.9 Å². The molecule has 24 heavy (non-hydrogen) atoms. The van der Waals surface area contributed by atoms with Crippen molar-refractivity contribution in [1.29, 1.82) is 0 Å². The summed E-state index contributed by atoms with van der Waals surface area (Å²) < 4.78 is 10.6. The molecule has 1 aliphatic rings. The predicted molar refractivity (Wildman–Crippen MR) is 89.1 cm³/mol. The van der Waals surface area contributed by atoms with Crippen molar-refractivity contribution in [3.63, 3.8) is 0 Å². The summed E-state index contributed by atoms with van der Waals surface area (Å²) in [5.41, 5.74) is 0.920.